The SMILES string of the molecule is CC(C)(C)c1ccc(-c2cc3c4c(c2)-n2c5ccc(C(C)(C)C)cc5c5cc(C(C)(C)C)cc(c52)B4n2c4ccc(-c5ccc(C(C)(C)C)cc5)cc4c4cc(-c5ccc(C(C)(C)C)cc5)cc-3c42)cc1. The Hall–Kier alpha value is -6.58. The minimum absolute atomic E-state index is 0.00569. The van der Waals surface area contributed by atoms with Gasteiger partial charge in [0.15, 0.2) is 0 Å². The van der Waals surface area contributed by atoms with E-state index >= 15 is 0 Å². The smallest absolute Gasteiger partial charge is 0.333 e. The van der Waals surface area contributed by atoms with Crippen molar-refractivity contribution in [2.75, 3.05) is 0 Å². The molecule has 0 saturated carbocycles. The van der Waals surface area contributed by atoms with Gasteiger partial charge in [0.25, 0.3) is 0 Å². The van der Waals surface area contributed by atoms with Crippen molar-refractivity contribution in [3.63, 3.8) is 0 Å². The highest BCUT2D eigenvalue weighted by atomic mass is 15.0. The second-order valence-corrected chi connectivity index (χ2v) is 26.4. The normalized spacial score (nSPS) is 13.8. The maximum absolute atomic E-state index is 2.76. The summed E-state index contributed by atoms with van der Waals surface area (Å²) in [5.74, 6) is 0. The van der Waals surface area contributed by atoms with Crippen LogP contribution in [0.3, 0.4) is 0 Å². The van der Waals surface area contributed by atoms with E-state index in [0.29, 0.717) is 0 Å². The standard InChI is InChI=1S/C68H69BN2/c1-64(2,3)46-23-16-40(17-24-46)43-22-30-59-51(32-43)54-34-44(41-18-25-47(26-19-41)65(4,5)6)35-55-53-33-45(42-20-27-48(28-21-42)66(7,8)9)36-60-61(53)69(71(59)62(54)55)57-39-50(68(13,14)15)38-56-52-37-49(67(10,11)12)29-31-58(52)70(60)63(56)57/h16-39H,1-15H3. The summed E-state index contributed by atoms with van der Waals surface area (Å²) in [5, 5.41) is 5.27. The number of hydrogen-bond donors (Lipinski definition) is 0. The molecule has 4 heterocycles. The van der Waals surface area contributed by atoms with Crippen LogP contribution in [-0.4, -0.2) is 15.9 Å². The quantitative estimate of drug-likeness (QED) is 0.156. The van der Waals surface area contributed by atoms with Gasteiger partial charge < -0.3 is 9.05 Å². The molecule has 2 aliphatic rings. The van der Waals surface area contributed by atoms with Crippen LogP contribution >= 0.6 is 0 Å². The van der Waals surface area contributed by atoms with E-state index in [1.54, 1.807) is 0 Å². The van der Waals surface area contributed by atoms with E-state index in [0.717, 1.165) is 0 Å². The van der Waals surface area contributed by atoms with E-state index in [1.807, 2.05) is 0 Å². The third-order valence-corrected chi connectivity index (χ3v) is 16.3. The van der Waals surface area contributed by atoms with Crippen LogP contribution in [0, 0.1) is 0 Å². The number of nitrogens with zero attached hydrogens (tertiary/aromatic N) is 2. The summed E-state index contributed by atoms with van der Waals surface area (Å²) >= 11 is 0. The van der Waals surface area contributed by atoms with Gasteiger partial charge in [-0.15, -0.1) is 0 Å². The second kappa shape index (κ2) is 15.0. The molecule has 0 radical (unpaired) electrons. The number of rotatable bonds is 3. The monoisotopic (exact) mass is 925 g/mol. The Kier molecular flexibility index (Phi) is 9.62. The Bertz CT molecular complexity index is 3840. The van der Waals surface area contributed by atoms with Crippen LogP contribution in [0.15, 0.2) is 146 Å². The second-order valence-electron chi connectivity index (χ2n) is 26.4. The van der Waals surface area contributed by atoms with Crippen molar-refractivity contribution < 1.29 is 0 Å². The summed E-state index contributed by atoms with van der Waals surface area (Å²) in [6, 6.07) is 57.9. The molecule has 2 nitrogen and oxygen atoms in total. The molecule has 0 N–H and O–H groups in total. The summed E-state index contributed by atoms with van der Waals surface area (Å²) < 4.78 is 5.41. The average Bonchev–Trinajstić information content (AvgIpc) is 3.82. The molecule has 354 valence electrons. The summed E-state index contributed by atoms with van der Waals surface area (Å²) in [6.07, 6.45) is 0. The number of aromatic nitrogens is 2. The largest absolute Gasteiger partial charge is 0.375 e. The van der Waals surface area contributed by atoms with Gasteiger partial charge in [-0.25, -0.2) is 0 Å². The van der Waals surface area contributed by atoms with Crippen molar-refractivity contribution in [2.45, 2.75) is 131 Å². The van der Waals surface area contributed by atoms with Crippen LogP contribution in [-0.2, 0) is 27.1 Å². The molecule has 3 heteroatoms. The van der Waals surface area contributed by atoms with E-state index in [1.165, 1.54) is 133 Å². The van der Waals surface area contributed by atoms with Gasteiger partial charge >= 0.3 is 6.85 Å². The Morgan fingerprint density at radius 2 is 0.718 bits per heavy atom. The minimum atomic E-state index is -0.0670. The first kappa shape index (κ1) is 45.6. The molecule has 0 unspecified atom stereocenters. The summed E-state index contributed by atoms with van der Waals surface area (Å²) in [7, 11) is 0. The Morgan fingerprint density at radius 3 is 1.25 bits per heavy atom. The molecule has 0 amide bonds. The van der Waals surface area contributed by atoms with Gasteiger partial charge in [0.05, 0.1) is 11.0 Å². The predicted octanol–water partition coefficient (Wildman–Crippen LogP) is 17.3. The molecular weight excluding hydrogens is 856 g/mol. The van der Waals surface area contributed by atoms with E-state index in [2.05, 4.69) is 258 Å². The molecule has 0 spiro atoms. The van der Waals surface area contributed by atoms with Gasteiger partial charge in [0.2, 0.25) is 0 Å². The number of hydrogen-bond acceptors (Lipinski definition) is 0. The van der Waals surface area contributed by atoms with Gasteiger partial charge in [-0.2, -0.15) is 0 Å². The summed E-state index contributed by atoms with van der Waals surface area (Å²) in [5.41, 5.74) is 26.2. The van der Waals surface area contributed by atoms with Crippen molar-refractivity contribution >= 4 is 61.4 Å². The van der Waals surface area contributed by atoms with Crippen molar-refractivity contribution in [3.8, 4) is 50.2 Å². The fourth-order valence-electron chi connectivity index (χ4n) is 12.0. The lowest BCUT2D eigenvalue weighted by Crippen LogP contribution is -2.55. The van der Waals surface area contributed by atoms with Gasteiger partial charge in [-0.3, -0.25) is 0 Å². The van der Waals surface area contributed by atoms with E-state index in [-0.39, 0.29) is 33.9 Å². The van der Waals surface area contributed by atoms with E-state index in [9.17, 15) is 0 Å². The first-order chi connectivity index (χ1) is 33.3. The third-order valence-electron chi connectivity index (χ3n) is 16.3. The lowest BCUT2D eigenvalue weighted by Gasteiger charge is -2.35. The van der Waals surface area contributed by atoms with Crippen LogP contribution in [0.2, 0.25) is 0 Å². The molecular formula is C68H69BN2. The summed E-state index contributed by atoms with van der Waals surface area (Å²) in [6.45, 7) is 34.8. The third kappa shape index (κ3) is 7.11. The molecule has 0 fully saturated rings. The fraction of sp³-hybridized carbons (Fsp3) is 0.294. The molecule has 8 aromatic carbocycles. The highest BCUT2D eigenvalue weighted by Crippen LogP contribution is 2.48. The Balaban J connectivity index is 1.23. The van der Waals surface area contributed by atoms with Crippen molar-refractivity contribution in [1.82, 2.24) is 9.05 Å². The average molecular weight is 925 g/mol. The zero-order valence-corrected chi connectivity index (χ0v) is 44.8. The molecule has 2 aliphatic heterocycles. The van der Waals surface area contributed by atoms with Gasteiger partial charge in [-0.1, -0.05) is 195 Å². The highest BCUT2D eigenvalue weighted by Gasteiger charge is 2.43. The molecule has 0 atom stereocenters. The Morgan fingerprint density at radius 1 is 0.310 bits per heavy atom. The van der Waals surface area contributed by atoms with Crippen molar-refractivity contribution in [2.24, 2.45) is 0 Å². The molecule has 71 heavy (non-hydrogen) atoms. The minimum Gasteiger partial charge on any atom is -0.375 e. The molecule has 2 aromatic heterocycles. The van der Waals surface area contributed by atoms with Crippen LogP contribution in [0.5, 0.6) is 0 Å². The maximum atomic E-state index is 2.76. The maximum Gasteiger partial charge on any atom is 0.333 e. The van der Waals surface area contributed by atoms with Gasteiger partial charge in [0.1, 0.15) is 0 Å². The summed E-state index contributed by atoms with van der Waals surface area (Å²) in [4.78, 5) is 0. The lowest BCUT2D eigenvalue weighted by atomic mass is 9.45. The van der Waals surface area contributed by atoms with Crippen LogP contribution < -0.4 is 10.9 Å². The van der Waals surface area contributed by atoms with Crippen LogP contribution in [0.4, 0.5) is 0 Å². The zero-order chi connectivity index (χ0) is 50.1. The van der Waals surface area contributed by atoms with Crippen molar-refractivity contribution in [1.29, 1.82) is 0 Å². The fourth-order valence-corrected chi connectivity index (χ4v) is 12.0. The van der Waals surface area contributed by atoms with Gasteiger partial charge in [0, 0.05) is 43.8 Å². The van der Waals surface area contributed by atoms with Crippen molar-refractivity contribution in [3.05, 3.63) is 173 Å². The first-order valence-corrected chi connectivity index (χ1v) is 26.1. The topological polar surface area (TPSA) is 9.86 Å². The predicted molar refractivity (Wildman–Crippen MR) is 309 cm³/mol. The zero-order valence-electron chi connectivity index (χ0n) is 44.8. The number of benzene rings is 8. The molecule has 0 aliphatic carbocycles. The van der Waals surface area contributed by atoms with Gasteiger partial charge in [-0.05, 0) is 159 Å². The molecule has 0 saturated heterocycles. The van der Waals surface area contributed by atoms with E-state index < -0.39 is 0 Å². The van der Waals surface area contributed by atoms with E-state index in [4.69, 9.17) is 0 Å². The van der Waals surface area contributed by atoms with Crippen LogP contribution in [0.1, 0.15) is 132 Å². The lowest BCUT2D eigenvalue weighted by molar-refractivity contribution is 0.590. The first-order valence-electron chi connectivity index (χ1n) is 26.1. The Labute approximate surface area is 422 Å². The molecule has 0 bridgehead atoms. The van der Waals surface area contributed by atoms with Crippen LogP contribution in [0.25, 0.3) is 93.8 Å². The number of fused-ring (bicyclic) bond motifs is 10. The highest BCUT2D eigenvalue weighted by molar-refractivity contribution is 6.90. The molecule has 10 aromatic rings. The molecule has 12 rings (SSSR count).